The van der Waals surface area contributed by atoms with Crippen LogP contribution in [0.4, 0.5) is 0 Å². The lowest BCUT2D eigenvalue weighted by molar-refractivity contribution is -0.143. The van der Waals surface area contributed by atoms with Crippen LogP contribution in [0.25, 0.3) is 0 Å². The number of rotatable bonds is 6. The number of likely N-dealkylation sites (N-methyl/N-ethyl adjacent to an activating group) is 1. The summed E-state index contributed by atoms with van der Waals surface area (Å²) in [5.74, 6) is -1.04. The molecule has 0 aromatic carbocycles. The van der Waals surface area contributed by atoms with Gasteiger partial charge in [0.25, 0.3) is 0 Å². The van der Waals surface area contributed by atoms with Crippen LogP contribution in [0.15, 0.2) is 0 Å². The molecular formula is C10H20N2O3. The molecule has 0 aromatic heterocycles. The Labute approximate surface area is 90.5 Å². The highest BCUT2D eigenvalue weighted by Gasteiger charge is 2.22. The van der Waals surface area contributed by atoms with Crippen molar-refractivity contribution >= 4 is 11.9 Å². The molecule has 0 aliphatic rings. The number of nitrogens with one attached hydrogen (secondary N) is 1. The minimum absolute atomic E-state index is 0.0794. The van der Waals surface area contributed by atoms with Crippen molar-refractivity contribution in [3.8, 4) is 0 Å². The Morgan fingerprint density at radius 1 is 1.40 bits per heavy atom. The van der Waals surface area contributed by atoms with E-state index in [2.05, 4.69) is 5.32 Å². The van der Waals surface area contributed by atoms with Gasteiger partial charge in [-0.2, -0.15) is 0 Å². The summed E-state index contributed by atoms with van der Waals surface area (Å²) in [6.07, 6.45) is 0.487. The monoisotopic (exact) mass is 216 g/mol. The van der Waals surface area contributed by atoms with Crippen molar-refractivity contribution in [2.24, 2.45) is 0 Å². The molecule has 1 amide bonds. The van der Waals surface area contributed by atoms with Crippen molar-refractivity contribution in [2.75, 3.05) is 13.6 Å². The number of carboxylic acids is 1. The Kier molecular flexibility index (Phi) is 5.93. The maximum Gasteiger partial charge on any atom is 0.320 e. The second-order valence-corrected chi connectivity index (χ2v) is 3.90. The number of carboxylic acid groups (broad SMARTS) is 1. The molecule has 0 aliphatic carbocycles. The zero-order valence-corrected chi connectivity index (χ0v) is 9.78. The molecule has 0 saturated carbocycles. The molecule has 5 heteroatoms. The average Bonchev–Trinajstić information content (AvgIpc) is 2.01. The lowest BCUT2D eigenvalue weighted by Gasteiger charge is -2.23. The van der Waals surface area contributed by atoms with Gasteiger partial charge in [0.1, 0.15) is 6.04 Å². The number of amides is 1. The van der Waals surface area contributed by atoms with Crippen LogP contribution < -0.4 is 5.32 Å². The average molecular weight is 216 g/mol. The summed E-state index contributed by atoms with van der Waals surface area (Å²) in [5, 5.41) is 11.6. The molecule has 15 heavy (non-hydrogen) atoms. The summed E-state index contributed by atoms with van der Waals surface area (Å²) in [6.45, 7) is 5.64. The predicted octanol–water partition coefficient (Wildman–Crippen LogP) is 0.306. The van der Waals surface area contributed by atoms with E-state index in [0.29, 0.717) is 6.42 Å². The fourth-order valence-electron chi connectivity index (χ4n) is 1.38. The van der Waals surface area contributed by atoms with E-state index in [1.165, 1.54) is 0 Å². The number of nitrogens with zero attached hydrogens (tertiary/aromatic N) is 1. The molecule has 5 nitrogen and oxygen atoms in total. The highest BCUT2D eigenvalue weighted by Crippen LogP contribution is 2.01. The summed E-state index contributed by atoms with van der Waals surface area (Å²) in [4.78, 5) is 23.7. The standard InChI is InChI=1S/C10H20N2O3/c1-5-8(10(14)15)12(4)6-9(13)11-7(2)3/h7-8H,5-6H2,1-4H3,(H,11,13)(H,14,15). The van der Waals surface area contributed by atoms with E-state index in [1.807, 2.05) is 13.8 Å². The molecule has 0 spiro atoms. The van der Waals surface area contributed by atoms with Crippen molar-refractivity contribution in [1.29, 1.82) is 0 Å². The zero-order valence-electron chi connectivity index (χ0n) is 9.78. The quantitative estimate of drug-likeness (QED) is 0.670. The maximum absolute atomic E-state index is 11.4. The van der Waals surface area contributed by atoms with Gasteiger partial charge in [0.2, 0.25) is 5.91 Å². The van der Waals surface area contributed by atoms with Crippen LogP contribution in [0.3, 0.4) is 0 Å². The van der Waals surface area contributed by atoms with Gasteiger partial charge in [0.15, 0.2) is 0 Å². The first-order chi connectivity index (χ1) is 6.88. The van der Waals surface area contributed by atoms with E-state index in [9.17, 15) is 9.59 Å². The van der Waals surface area contributed by atoms with Crippen molar-refractivity contribution in [3.05, 3.63) is 0 Å². The third-order valence-electron chi connectivity index (χ3n) is 2.05. The fraction of sp³-hybridized carbons (Fsp3) is 0.800. The Balaban J connectivity index is 4.15. The second-order valence-electron chi connectivity index (χ2n) is 3.90. The highest BCUT2D eigenvalue weighted by molar-refractivity contribution is 5.80. The van der Waals surface area contributed by atoms with E-state index in [4.69, 9.17) is 5.11 Å². The van der Waals surface area contributed by atoms with E-state index in [1.54, 1.807) is 18.9 Å². The van der Waals surface area contributed by atoms with Gasteiger partial charge in [-0.15, -0.1) is 0 Å². The van der Waals surface area contributed by atoms with Crippen LogP contribution in [0.2, 0.25) is 0 Å². The predicted molar refractivity (Wildman–Crippen MR) is 57.6 cm³/mol. The van der Waals surface area contributed by atoms with Gasteiger partial charge >= 0.3 is 5.97 Å². The first-order valence-corrected chi connectivity index (χ1v) is 5.10. The molecule has 0 aromatic rings. The minimum Gasteiger partial charge on any atom is -0.480 e. The number of carbonyl (C=O) groups excluding carboxylic acids is 1. The third kappa shape index (κ3) is 5.37. The Bertz CT molecular complexity index is 229. The van der Waals surface area contributed by atoms with E-state index in [-0.39, 0.29) is 18.5 Å². The molecule has 1 unspecified atom stereocenters. The lowest BCUT2D eigenvalue weighted by Crippen LogP contribution is -2.45. The first kappa shape index (κ1) is 13.9. The molecule has 0 bridgehead atoms. The van der Waals surface area contributed by atoms with Gasteiger partial charge in [-0.3, -0.25) is 14.5 Å². The number of hydrogen-bond acceptors (Lipinski definition) is 3. The molecule has 0 saturated heterocycles. The molecule has 88 valence electrons. The van der Waals surface area contributed by atoms with Gasteiger partial charge in [-0.25, -0.2) is 0 Å². The molecular weight excluding hydrogens is 196 g/mol. The largest absolute Gasteiger partial charge is 0.480 e. The molecule has 0 rings (SSSR count). The van der Waals surface area contributed by atoms with E-state index in [0.717, 1.165) is 0 Å². The molecule has 0 aliphatic heterocycles. The molecule has 0 fully saturated rings. The number of hydrogen-bond donors (Lipinski definition) is 2. The molecule has 0 radical (unpaired) electrons. The number of aliphatic carboxylic acids is 1. The van der Waals surface area contributed by atoms with E-state index < -0.39 is 12.0 Å². The van der Waals surface area contributed by atoms with Crippen molar-refractivity contribution < 1.29 is 14.7 Å². The summed E-state index contributed by atoms with van der Waals surface area (Å²) >= 11 is 0. The van der Waals surface area contributed by atoms with Crippen LogP contribution >= 0.6 is 0 Å². The summed E-state index contributed by atoms with van der Waals surface area (Å²) in [5.41, 5.74) is 0. The minimum atomic E-state index is -0.891. The molecule has 2 N–H and O–H groups in total. The van der Waals surface area contributed by atoms with Gasteiger partial charge in [-0.1, -0.05) is 6.92 Å². The number of carbonyl (C=O) groups is 2. The zero-order chi connectivity index (χ0) is 12.0. The Morgan fingerprint density at radius 3 is 2.27 bits per heavy atom. The van der Waals surface area contributed by atoms with E-state index >= 15 is 0 Å². The summed E-state index contributed by atoms with van der Waals surface area (Å²) in [7, 11) is 1.64. The first-order valence-electron chi connectivity index (χ1n) is 5.10. The topological polar surface area (TPSA) is 69.6 Å². The van der Waals surface area contributed by atoms with Crippen molar-refractivity contribution in [1.82, 2.24) is 10.2 Å². The van der Waals surface area contributed by atoms with Crippen LogP contribution in [0.1, 0.15) is 27.2 Å². The van der Waals surface area contributed by atoms with Crippen LogP contribution in [0, 0.1) is 0 Å². The maximum atomic E-state index is 11.4. The Hall–Kier alpha value is -1.10. The van der Waals surface area contributed by atoms with Gasteiger partial charge in [0, 0.05) is 6.04 Å². The SMILES string of the molecule is CCC(C(=O)O)N(C)CC(=O)NC(C)C. The van der Waals surface area contributed by atoms with Gasteiger partial charge in [0.05, 0.1) is 6.54 Å². The lowest BCUT2D eigenvalue weighted by atomic mass is 10.2. The van der Waals surface area contributed by atoms with Crippen LogP contribution in [-0.4, -0.2) is 47.6 Å². The third-order valence-corrected chi connectivity index (χ3v) is 2.05. The molecule has 0 heterocycles. The Morgan fingerprint density at radius 2 is 1.93 bits per heavy atom. The summed E-state index contributed by atoms with van der Waals surface area (Å²) in [6, 6.07) is -0.515. The van der Waals surface area contributed by atoms with Crippen molar-refractivity contribution in [2.45, 2.75) is 39.3 Å². The van der Waals surface area contributed by atoms with Crippen LogP contribution in [-0.2, 0) is 9.59 Å². The highest BCUT2D eigenvalue weighted by atomic mass is 16.4. The van der Waals surface area contributed by atoms with Crippen molar-refractivity contribution in [3.63, 3.8) is 0 Å². The summed E-state index contributed by atoms with van der Waals surface area (Å²) < 4.78 is 0. The molecule has 1 atom stereocenters. The normalized spacial score (nSPS) is 12.9. The van der Waals surface area contributed by atoms with Gasteiger partial charge in [-0.05, 0) is 27.3 Å². The smallest absolute Gasteiger partial charge is 0.320 e. The fourth-order valence-corrected chi connectivity index (χ4v) is 1.38. The van der Waals surface area contributed by atoms with Gasteiger partial charge < -0.3 is 10.4 Å². The second kappa shape index (κ2) is 6.40. The van der Waals surface area contributed by atoms with Crippen LogP contribution in [0.5, 0.6) is 0 Å².